The number of nitriles is 1. The minimum Gasteiger partial charge on any atom is -0.478 e. The van der Waals surface area contributed by atoms with Gasteiger partial charge in [-0.15, -0.1) is 0 Å². The predicted octanol–water partition coefficient (Wildman–Crippen LogP) is 1.75. The summed E-state index contributed by atoms with van der Waals surface area (Å²) >= 11 is 0. The third-order valence-electron chi connectivity index (χ3n) is 2.45. The fraction of sp³-hybridized carbons (Fsp3) is 0.0833. The van der Waals surface area contributed by atoms with Crippen LogP contribution < -0.4 is 0 Å². The molecular weight excluding hydrogens is 218 g/mol. The summed E-state index contributed by atoms with van der Waals surface area (Å²) in [6, 6.07) is 6.43. The lowest BCUT2D eigenvalue weighted by Crippen LogP contribution is -2.02. The lowest BCUT2D eigenvalue weighted by Gasteiger charge is -2.07. The number of carboxylic acid groups (broad SMARTS) is 1. The van der Waals surface area contributed by atoms with Crippen molar-refractivity contribution in [2.75, 3.05) is 0 Å². The van der Waals surface area contributed by atoms with Crippen LogP contribution >= 0.6 is 0 Å². The van der Waals surface area contributed by atoms with Gasteiger partial charge in [-0.1, -0.05) is 0 Å². The molecule has 1 aromatic carbocycles. The topological polar surface area (TPSA) is 78.9 Å². The molecule has 0 atom stereocenters. The van der Waals surface area contributed by atoms with Crippen LogP contribution in [-0.4, -0.2) is 20.6 Å². The van der Waals surface area contributed by atoms with Crippen LogP contribution in [0.1, 0.15) is 21.7 Å². The van der Waals surface area contributed by atoms with Crippen LogP contribution in [-0.2, 0) is 0 Å². The Balaban J connectivity index is 2.61. The number of carbonyl (C=O) groups is 1. The highest BCUT2D eigenvalue weighted by atomic mass is 16.4. The van der Waals surface area contributed by atoms with Crippen molar-refractivity contribution in [1.29, 1.82) is 5.26 Å². The zero-order valence-electron chi connectivity index (χ0n) is 9.08. The maximum atomic E-state index is 10.8. The van der Waals surface area contributed by atoms with E-state index in [-0.39, 0.29) is 5.56 Å². The second-order valence-corrected chi connectivity index (χ2v) is 3.49. The summed E-state index contributed by atoms with van der Waals surface area (Å²) in [4.78, 5) is 14.9. The maximum absolute atomic E-state index is 10.8. The van der Waals surface area contributed by atoms with E-state index in [1.807, 2.05) is 13.0 Å². The van der Waals surface area contributed by atoms with E-state index in [2.05, 4.69) is 4.98 Å². The van der Waals surface area contributed by atoms with Crippen LogP contribution in [0.4, 0.5) is 0 Å². The van der Waals surface area contributed by atoms with Crippen molar-refractivity contribution in [1.82, 2.24) is 9.55 Å². The Morgan fingerprint density at radius 3 is 2.82 bits per heavy atom. The van der Waals surface area contributed by atoms with Crippen LogP contribution in [0.5, 0.6) is 0 Å². The molecule has 84 valence electrons. The first-order valence-corrected chi connectivity index (χ1v) is 4.91. The van der Waals surface area contributed by atoms with Crippen molar-refractivity contribution >= 4 is 5.97 Å². The number of aryl methyl sites for hydroxylation is 1. The second-order valence-electron chi connectivity index (χ2n) is 3.49. The molecule has 0 bridgehead atoms. The number of hydrogen-bond acceptors (Lipinski definition) is 3. The van der Waals surface area contributed by atoms with Gasteiger partial charge in [-0.25, -0.2) is 9.78 Å². The first kappa shape index (κ1) is 10.9. The summed E-state index contributed by atoms with van der Waals surface area (Å²) in [7, 11) is 0. The monoisotopic (exact) mass is 227 g/mol. The number of rotatable bonds is 2. The van der Waals surface area contributed by atoms with Gasteiger partial charge in [0.15, 0.2) is 0 Å². The Labute approximate surface area is 97.6 Å². The molecule has 1 aromatic heterocycles. The molecule has 0 fully saturated rings. The highest BCUT2D eigenvalue weighted by molar-refractivity contribution is 5.88. The summed E-state index contributed by atoms with van der Waals surface area (Å²) in [5.41, 5.74) is 1.04. The maximum Gasteiger partial charge on any atom is 0.335 e. The molecule has 2 rings (SSSR count). The number of nitrogens with zero attached hydrogens (tertiary/aromatic N) is 3. The van der Waals surface area contributed by atoms with Crippen molar-refractivity contribution in [3.63, 3.8) is 0 Å². The van der Waals surface area contributed by atoms with E-state index in [0.29, 0.717) is 11.3 Å². The average Bonchev–Trinajstić information content (AvgIpc) is 2.74. The second kappa shape index (κ2) is 4.10. The molecule has 0 spiro atoms. The predicted molar refractivity (Wildman–Crippen MR) is 60.0 cm³/mol. The van der Waals surface area contributed by atoms with Gasteiger partial charge in [0.25, 0.3) is 0 Å². The van der Waals surface area contributed by atoms with Crippen LogP contribution in [0.15, 0.2) is 30.6 Å². The van der Waals surface area contributed by atoms with E-state index < -0.39 is 5.97 Å². The van der Waals surface area contributed by atoms with Crippen molar-refractivity contribution in [2.45, 2.75) is 6.92 Å². The van der Waals surface area contributed by atoms with Gasteiger partial charge in [-0.05, 0) is 25.1 Å². The molecule has 0 unspecified atom stereocenters. The highest BCUT2D eigenvalue weighted by Crippen LogP contribution is 2.17. The third kappa shape index (κ3) is 1.88. The first-order valence-electron chi connectivity index (χ1n) is 4.91. The van der Waals surface area contributed by atoms with Gasteiger partial charge >= 0.3 is 5.97 Å². The molecule has 0 aliphatic carbocycles. The number of carboxylic acids is 1. The zero-order chi connectivity index (χ0) is 12.4. The summed E-state index contributed by atoms with van der Waals surface area (Å²) in [6.07, 6.45) is 3.35. The standard InChI is InChI=1S/C12H9N3O2/c1-8-14-4-5-15(8)11-3-2-9(12(16)17)6-10(11)7-13/h2-6H,1H3,(H,16,17). The summed E-state index contributed by atoms with van der Waals surface area (Å²) in [5, 5.41) is 17.9. The smallest absolute Gasteiger partial charge is 0.335 e. The Morgan fingerprint density at radius 2 is 2.29 bits per heavy atom. The Morgan fingerprint density at radius 1 is 1.53 bits per heavy atom. The van der Waals surface area contributed by atoms with E-state index in [9.17, 15) is 4.79 Å². The minimum atomic E-state index is -1.05. The molecule has 5 heteroatoms. The number of aromatic nitrogens is 2. The molecule has 1 heterocycles. The molecule has 0 aliphatic rings. The van der Waals surface area contributed by atoms with Gasteiger partial charge in [0.2, 0.25) is 0 Å². The average molecular weight is 227 g/mol. The Hall–Kier alpha value is -2.61. The number of benzene rings is 1. The number of hydrogen-bond donors (Lipinski definition) is 1. The number of imidazole rings is 1. The Kier molecular flexibility index (Phi) is 2.63. The molecule has 5 nitrogen and oxygen atoms in total. The molecule has 0 amide bonds. The van der Waals surface area contributed by atoms with Gasteiger partial charge in [0, 0.05) is 12.4 Å². The van der Waals surface area contributed by atoms with E-state index in [1.54, 1.807) is 23.0 Å². The molecule has 0 saturated carbocycles. The largest absolute Gasteiger partial charge is 0.478 e. The van der Waals surface area contributed by atoms with Gasteiger partial charge in [-0.3, -0.25) is 0 Å². The lowest BCUT2D eigenvalue weighted by atomic mass is 10.1. The SMILES string of the molecule is Cc1nccn1-c1ccc(C(=O)O)cc1C#N. The van der Waals surface area contributed by atoms with Crippen molar-refractivity contribution in [3.05, 3.63) is 47.5 Å². The normalized spacial score (nSPS) is 9.88. The molecule has 0 saturated heterocycles. The minimum absolute atomic E-state index is 0.100. The van der Waals surface area contributed by atoms with E-state index >= 15 is 0 Å². The van der Waals surface area contributed by atoms with Crippen LogP contribution in [0.25, 0.3) is 5.69 Å². The molecule has 0 radical (unpaired) electrons. The Bertz CT molecular complexity index is 623. The zero-order valence-corrected chi connectivity index (χ0v) is 9.08. The summed E-state index contributed by atoms with van der Waals surface area (Å²) < 4.78 is 1.74. The van der Waals surface area contributed by atoms with Gasteiger partial charge in [0.05, 0.1) is 16.8 Å². The fourth-order valence-electron chi connectivity index (χ4n) is 1.60. The van der Waals surface area contributed by atoms with Crippen molar-refractivity contribution in [3.8, 4) is 11.8 Å². The van der Waals surface area contributed by atoms with Crippen LogP contribution in [0.2, 0.25) is 0 Å². The molecule has 0 aliphatic heterocycles. The van der Waals surface area contributed by atoms with E-state index in [4.69, 9.17) is 10.4 Å². The first-order chi connectivity index (χ1) is 8.13. The fourth-order valence-corrected chi connectivity index (χ4v) is 1.60. The molecule has 17 heavy (non-hydrogen) atoms. The van der Waals surface area contributed by atoms with Gasteiger partial charge in [0.1, 0.15) is 11.9 Å². The van der Waals surface area contributed by atoms with Crippen molar-refractivity contribution in [2.24, 2.45) is 0 Å². The van der Waals surface area contributed by atoms with Crippen LogP contribution in [0.3, 0.4) is 0 Å². The van der Waals surface area contributed by atoms with Crippen molar-refractivity contribution < 1.29 is 9.90 Å². The van der Waals surface area contributed by atoms with Gasteiger partial charge in [-0.2, -0.15) is 5.26 Å². The molecule has 2 aromatic rings. The van der Waals surface area contributed by atoms with Crippen LogP contribution in [0, 0.1) is 18.3 Å². The summed E-state index contributed by atoms with van der Waals surface area (Å²) in [5.74, 6) is -0.306. The number of aromatic carboxylic acids is 1. The third-order valence-corrected chi connectivity index (χ3v) is 2.45. The summed E-state index contributed by atoms with van der Waals surface area (Å²) in [6.45, 7) is 1.81. The molecule has 1 N–H and O–H groups in total. The lowest BCUT2D eigenvalue weighted by molar-refractivity contribution is 0.0697. The molecular formula is C12H9N3O2. The highest BCUT2D eigenvalue weighted by Gasteiger charge is 2.10. The quantitative estimate of drug-likeness (QED) is 0.847. The van der Waals surface area contributed by atoms with Gasteiger partial charge < -0.3 is 9.67 Å². The van der Waals surface area contributed by atoms with E-state index in [0.717, 1.165) is 5.82 Å². The van der Waals surface area contributed by atoms with E-state index in [1.165, 1.54) is 12.1 Å².